The first kappa shape index (κ1) is 13.9. The van der Waals surface area contributed by atoms with E-state index in [1.54, 1.807) is 6.92 Å². The number of ether oxygens (including phenoxy) is 1. The number of carbonyl (C=O) groups is 1. The van der Waals surface area contributed by atoms with E-state index in [-0.39, 0.29) is 12.2 Å². The fraction of sp³-hybridized carbons (Fsp3) is 0.364. The van der Waals surface area contributed by atoms with Crippen molar-refractivity contribution in [1.82, 2.24) is 0 Å². The zero-order valence-corrected chi connectivity index (χ0v) is 11.0. The Morgan fingerprint density at radius 3 is 2.76 bits per heavy atom. The van der Waals surface area contributed by atoms with Crippen LogP contribution in [0.5, 0.6) is 5.75 Å². The molecule has 1 rings (SSSR count). The number of benzene rings is 1. The number of hydrogen-bond donors (Lipinski definition) is 2. The minimum atomic E-state index is -1.13. The molecule has 0 bridgehead atoms. The van der Waals surface area contributed by atoms with Gasteiger partial charge in [0.1, 0.15) is 6.04 Å². The molecular formula is C11H13BrFNO3. The number of methoxy groups -OCH3 is 1. The Bertz CT molecular complexity index is 451. The molecule has 0 spiro atoms. The molecule has 6 heteroatoms. The summed E-state index contributed by atoms with van der Waals surface area (Å²) in [6.45, 7) is 1.75. The summed E-state index contributed by atoms with van der Waals surface area (Å²) in [4.78, 5) is 10.7. The largest absolute Gasteiger partial charge is 0.493 e. The first-order valence-corrected chi connectivity index (χ1v) is 5.67. The molecule has 0 heterocycles. The Morgan fingerprint density at radius 2 is 2.29 bits per heavy atom. The summed E-state index contributed by atoms with van der Waals surface area (Å²) in [6.07, 6.45) is 0.0146. The molecule has 0 radical (unpaired) electrons. The summed E-state index contributed by atoms with van der Waals surface area (Å²) in [7, 11) is 1.33. The van der Waals surface area contributed by atoms with Gasteiger partial charge in [0, 0.05) is 16.5 Å². The van der Waals surface area contributed by atoms with Crippen molar-refractivity contribution in [2.24, 2.45) is 5.73 Å². The first-order chi connectivity index (χ1) is 7.88. The van der Waals surface area contributed by atoms with Crippen LogP contribution in [0.25, 0.3) is 0 Å². The van der Waals surface area contributed by atoms with E-state index in [1.807, 2.05) is 0 Å². The number of carboxylic acids is 1. The van der Waals surface area contributed by atoms with Gasteiger partial charge >= 0.3 is 5.97 Å². The molecular weight excluding hydrogens is 293 g/mol. The summed E-state index contributed by atoms with van der Waals surface area (Å²) in [5, 5.41) is 8.77. The quantitative estimate of drug-likeness (QED) is 0.890. The minimum Gasteiger partial charge on any atom is -0.493 e. The fourth-order valence-electron chi connectivity index (χ4n) is 1.52. The maximum Gasteiger partial charge on any atom is 0.320 e. The lowest BCUT2D eigenvalue weighted by Crippen LogP contribution is -2.32. The van der Waals surface area contributed by atoms with Gasteiger partial charge in [0.05, 0.1) is 7.11 Å². The topological polar surface area (TPSA) is 72.5 Å². The summed E-state index contributed by atoms with van der Waals surface area (Å²) in [6, 6.07) is 0.195. The molecule has 4 nitrogen and oxygen atoms in total. The van der Waals surface area contributed by atoms with Gasteiger partial charge in [-0.2, -0.15) is 0 Å². The molecule has 0 aliphatic rings. The van der Waals surface area contributed by atoms with Crippen LogP contribution >= 0.6 is 15.9 Å². The fourth-order valence-corrected chi connectivity index (χ4v) is 1.96. The van der Waals surface area contributed by atoms with Crippen LogP contribution in [-0.2, 0) is 11.2 Å². The smallest absolute Gasteiger partial charge is 0.320 e. The Labute approximate surface area is 107 Å². The highest BCUT2D eigenvalue weighted by atomic mass is 79.9. The Balaban J connectivity index is 3.25. The van der Waals surface area contributed by atoms with Gasteiger partial charge in [-0.3, -0.25) is 4.79 Å². The molecule has 0 aliphatic carbocycles. The maximum absolute atomic E-state index is 13.6. The molecule has 94 valence electrons. The lowest BCUT2D eigenvalue weighted by molar-refractivity contribution is -0.138. The zero-order valence-electron chi connectivity index (χ0n) is 9.46. The van der Waals surface area contributed by atoms with E-state index in [4.69, 9.17) is 15.6 Å². The number of carboxylic acid groups (broad SMARTS) is 1. The van der Waals surface area contributed by atoms with Crippen molar-refractivity contribution in [3.05, 3.63) is 27.5 Å². The molecule has 0 saturated carbocycles. The molecule has 0 aliphatic heterocycles. The lowest BCUT2D eigenvalue weighted by atomic mass is 10.00. The van der Waals surface area contributed by atoms with Gasteiger partial charge in [0.25, 0.3) is 0 Å². The number of halogens is 2. The molecule has 1 atom stereocenters. The van der Waals surface area contributed by atoms with Crippen molar-refractivity contribution in [1.29, 1.82) is 0 Å². The molecule has 0 amide bonds. The Hall–Kier alpha value is -1.14. The predicted octanol–water partition coefficient (Wildman–Crippen LogP) is 1.86. The normalized spacial score (nSPS) is 12.3. The van der Waals surface area contributed by atoms with Crippen LogP contribution in [0.2, 0.25) is 0 Å². The average molecular weight is 306 g/mol. The highest BCUT2D eigenvalue weighted by molar-refractivity contribution is 9.10. The second-order valence-electron chi connectivity index (χ2n) is 3.63. The van der Waals surface area contributed by atoms with Crippen molar-refractivity contribution in [2.45, 2.75) is 19.4 Å². The number of nitrogens with two attached hydrogens (primary N) is 1. The van der Waals surface area contributed by atoms with Crippen LogP contribution < -0.4 is 10.5 Å². The summed E-state index contributed by atoms with van der Waals surface area (Å²) < 4.78 is 19.1. The SMILES string of the molecule is COc1c(F)cc(Br)c(C)c1CC(N)C(=O)O. The van der Waals surface area contributed by atoms with Gasteiger partial charge in [-0.1, -0.05) is 15.9 Å². The minimum absolute atomic E-state index is 0.0146. The Morgan fingerprint density at radius 1 is 1.71 bits per heavy atom. The van der Waals surface area contributed by atoms with Crippen molar-refractivity contribution < 1.29 is 19.0 Å². The van der Waals surface area contributed by atoms with E-state index < -0.39 is 17.8 Å². The number of hydrogen-bond acceptors (Lipinski definition) is 3. The molecule has 3 N–H and O–H groups in total. The standard InChI is InChI=1S/C11H13BrFNO3/c1-5-6(3-9(14)11(15)16)10(17-2)8(13)4-7(5)12/h4,9H,3,14H2,1-2H3,(H,15,16). The van der Waals surface area contributed by atoms with Crippen molar-refractivity contribution in [3.8, 4) is 5.75 Å². The van der Waals surface area contributed by atoms with Crippen LogP contribution in [-0.4, -0.2) is 24.2 Å². The van der Waals surface area contributed by atoms with E-state index in [9.17, 15) is 9.18 Å². The van der Waals surface area contributed by atoms with Crippen LogP contribution in [0.15, 0.2) is 10.5 Å². The van der Waals surface area contributed by atoms with Crippen molar-refractivity contribution >= 4 is 21.9 Å². The van der Waals surface area contributed by atoms with Gasteiger partial charge in [-0.05, 0) is 18.6 Å². The monoisotopic (exact) mass is 305 g/mol. The molecule has 17 heavy (non-hydrogen) atoms. The van der Waals surface area contributed by atoms with Crippen molar-refractivity contribution in [3.63, 3.8) is 0 Å². The number of aliphatic carboxylic acids is 1. The van der Waals surface area contributed by atoms with E-state index >= 15 is 0 Å². The third-order valence-corrected chi connectivity index (χ3v) is 3.32. The van der Waals surface area contributed by atoms with Gasteiger partial charge in [0.2, 0.25) is 0 Å². The van der Waals surface area contributed by atoms with Crippen LogP contribution in [0.3, 0.4) is 0 Å². The molecule has 1 aromatic rings. The zero-order chi connectivity index (χ0) is 13.2. The third-order valence-electron chi connectivity index (χ3n) is 2.50. The van der Waals surface area contributed by atoms with E-state index in [2.05, 4.69) is 15.9 Å². The highest BCUT2D eigenvalue weighted by Gasteiger charge is 2.20. The van der Waals surface area contributed by atoms with Gasteiger partial charge in [0.15, 0.2) is 11.6 Å². The van der Waals surface area contributed by atoms with Crippen LogP contribution in [0, 0.1) is 12.7 Å². The molecule has 0 fully saturated rings. The lowest BCUT2D eigenvalue weighted by Gasteiger charge is -2.15. The summed E-state index contributed by atoms with van der Waals surface area (Å²) >= 11 is 3.20. The van der Waals surface area contributed by atoms with E-state index in [1.165, 1.54) is 13.2 Å². The highest BCUT2D eigenvalue weighted by Crippen LogP contribution is 2.32. The van der Waals surface area contributed by atoms with Crippen LogP contribution in [0.1, 0.15) is 11.1 Å². The maximum atomic E-state index is 13.6. The molecule has 0 aromatic heterocycles. The summed E-state index contributed by atoms with van der Waals surface area (Å²) in [5.41, 5.74) is 6.64. The molecule has 1 unspecified atom stereocenters. The van der Waals surface area contributed by atoms with E-state index in [0.29, 0.717) is 10.0 Å². The number of rotatable bonds is 4. The van der Waals surface area contributed by atoms with Gasteiger partial charge in [-0.15, -0.1) is 0 Å². The average Bonchev–Trinajstić information content (AvgIpc) is 2.25. The van der Waals surface area contributed by atoms with Gasteiger partial charge in [-0.25, -0.2) is 4.39 Å². The predicted molar refractivity (Wildman–Crippen MR) is 64.7 cm³/mol. The second-order valence-corrected chi connectivity index (χ2v) is 4.48. The second kappa shape index (κ2) is 5.46. The van der Waals surface area contributed by atoms with Crippen LogP contribution in [0.4, 0.5) is 4.39 Å². The summed E-state index contributed by atoms with van der Waals surface area (Å²) in [5.74, 6) is -1.63. The third kappa shape index (κ3) is 2.95. The molecule has 1 aromatic carbocycles. The first-order valence-electron chi connectivity index (χ1n) is 4.88. The van der Waals surface area contributed by atoms with Gasteiger partial charge < -0.3 is 15.6 Å². The van der Waals surface area contributed by atoms with E-state index in [0.717, 1.165) is 5.56 Å². The Kier molecular flexibility index (Phi) is 4.47. The molecule has 0 saturated heterocycles. The van der Waals surface area contributed by atoms with Crippen molar-refractivity contribution in [2.75, 3.05) is 7.11 Å².